The van der Waals surface area contributed by atoms with Crippen molar-refractivity contribution >= 4 is 22.5 Å². The van der Waals surface area contributed by atoms with E-state index in [1.54, 1.807) is 6.20 Å². The van der Waals surface area contributed by atoms with Crippen molar-refractivity contribution < 1.29 is 4.79 Å². The lowest BCUT2D eigenvalue weighted by Gasteiger charge is -2.34. The smallest absolute Gasteiger partial charge is 0.237 e. The fraction of sp³-hybridized carbons (Fsp3) is 0.522. The molecule has 29 heavy (non-hydrogen) atoms. The van der Waals surface area contributed by atoms with Crippen molar-refractivity contribution in [2.45, 2.75) is 38.6 Å². The first-order valence-electron chi connectivity index (χ1n) is 10.8. The summed E-state index contributed by atoms with van der Waals surface area (Å²) in [7, 11) is 0. The second-order valence-electron chi connectivity index (χ2n) is 8.11. The number of nitrogens with one attached hydrogen (secondary N) is 1. The van der Waals surface area contributed by atoms with Crippen molar-refractivity contribution in [1.82, 2.24) is 15.2 Å². The summed E-state index contributed by atoms with van der Waals surface area (Å²) in [4.78, 5) is 21.6. The molecule has 1 amide bonds. The van der Waals surface area contributed by atoms with Gasteiger partial charge in [0.1, 0.15) is 6.07 Å². The van der Waals surface area contributed by atoms with E-state index in [9.17, 15) is 10.1 Å². The van der Waals surface area contributed by atoms with E-state index in [2.05, 4.69) is 33.1 Å². The molecule has 1 atom stereocenters. The molecule has 3 heterocycles. The van der Waals surface area contributed by atoms with Gasteiger partial charge >= 0.3 is 0 Å². The average Bonchev–Trinajstić information content (AvgIpc) is 3.26. The molecular weight excluding hydrogens is 362 g/mol. The highest BCUT2D eigenvalue weighted by molar-refractivity contribution is 5.95. The zero-order valence-corrected chi connectivity index (χ0v) is 17.1. The van der Waals surface area contributed by atoms with E-state index in [0.29, 0.717) is 11.5 Å². The highest BCUT2D eigenvalue weighted by Gasteiger charge is 2.30. The van der Waals surface area contributed by atoms with Crippen LogP contribution < -0.4 is 10.2 Å². The van der Waals surface area contributed by atoms with Crippen LogP contribution in [0.2, 0.25) is 0 Å². The quantitative estimate of drug-likeness (QED) is 0.848. The summed E-state index contributed by atoms with van der Waals surface area (Å²) >= 11 is 0. The lowest BCUT2D eigenvalue weighted by Crippen LogP contribution is -2.45. The van der Waals surface area contributed by atoms with Gasteiger partial charge in [0, 0.05) is 36.9 Å². The van der Waals surface area contributed by atoms with Gasteiger partial charge in [-0.25, -0.2) is 0 Å². The maximum Gasteiger partial charge on any atom is 0.237 e. The SMILES string of the molecule is CCN1CCC[C@H]1C(=O)NCC1CCN(c2ccc(C#N)c3ncccc23)CC1. The molecule has 2 aliphatic rings. The van der Waals surface area contributed by atoms with Crippen molar-refractivity contribution in [1.29, 1.82) is 5.26 Å². The molecule has 2 aromatic rings. The molecule has 152 valence electrons. The molecule has 2 fully saturated rings. The number of aromatic nitrogens is 1. The van der Waals surface area contributed by atoms with Crippen LogP contribution in [0.4, 0.5) is 5.69 Å². The minimum absolute atomic E-state index is 0.0672. The molecule has 0 radical (unpaired) electrons. The van der Waals surface area contributed by atoms with E-state index in [1.807, 2.05) is 24.3 Å². The Morgan fingerprint density at radius 1 is 1.24 bits per heavy atom. The maximum absolute atomic E-state index is 12.6. The lowest BCUT2D eigenvalue weighted by atomic mass is 9.95. The van der Waals surface area contributed by atoms with Gasteiger partial charge in [-0.1, -0.05) is 6.92 Å². The van der Waals surface area contributed by atoms with Gasteiger partial charge in [-0.3, -0.25) is 14.7 Å². The van der Waals surface area contributed by atoms with E-state index in [-0.39, 0.29) is 11.9 Å². The molecule has 1 N–H and O–H groups in total. The second kappa shape index (κ2) is 8.79. The number of nitriles is 1. The van der Waals surface area contributed by atoms with Crippen LogP contribution in [-0.4, -0.2) is 54.6 Å². The van der Waals surface area contributed by atoms with E-state index >= 15 is 0 Å². The summed E-state index contributed by atoms with van der Waals surface area (Å²) in [5.74, 6) is 0.727. The summed E-state index contributed by atoms with van der Waals surface area (Å²) in [6, 6.07) is 10.2. The number of carbonyl (C=O) groups excluding carboxylic acids is 1. The standard InChI is InChI=1S/C23H29N5O/c1-2-27-12-4-6-21(27)23(29)26-16-17-9-13-28(14-10-17)20-8-7-18(15-24)22-19(20)5-3-11-25-22/h3,5,7-8,11,17,21H,2,4,6,9-10,12-14,16H2,1H3,(H,26,29)/t21-/m0/s1. The Morgan fingerprint density at radius 2 is 2.07 bits per heavy atom. The number of likely N-dealkylation sites (tertiary alicyclic amines) is 1. The van der Waals surface area contributed by atoms with Gasteiger partial charge in [0.05, 0.1) is 17.1 Å². The number of fused-ring (bicyclic) bond motifs is 1. The zero-order valence-electron chi connectivity index (χ0n) is 17.1. The Bertz CT molecular complexity index is 913. The molecular formula is C23H29N5O. The number of likely N-dealkylation sites (N-methyl/N-ethyl adjacent to an activating group) is 1. The molecule has 4 rings (SSSR count). The first-order valence-corrected chi connectivity index (χ1v) is 10.8. The van der Waals surface area contributed by atoms with Crippen molar-refractivity contribution in [3.8, 4) is 6.07 Å². The minimum Gasteiger partial charge on any atom is -0.371 e. The van der Waals surface area contributed by atoms with Crippen LogP contribution >= 0.6 is 0 Å². The number of piperidine rings is 1. The van der Waals surface area contributed by atoms with Gasteiger partial charge in [-0.05, 0) is 69.0 Å². The lowest BCUT2D eigenvalue weighted by molar-refractivity contribution is -0.125. The number of benzene rings is 1. The number of carbonyl (C=O) groups is 1. The van der Waals surface area contributed by atoms with Crippen molar-refractivity contribution in [3.05, 3.63) is 36.0 Å². The van der Waals surface area contributed by atoms with Gasteiger partial charge in [-0.2, -0.15) is 5.26 Å². The van der Waals surface area contributed by atoms with Crippen LogP contribution in [0.1, 0.15) is 38.2 Å². The van der Waals surface area contributed by atoms with E-state index in [0.717, 1.165) is 75.0 Å². The molecule has 0 spiro atoms. The Kier molecular flexibility index (Phi) is 5.96. The highest BCUT2D eigenvalue weighted by atomic mass is 16.2. The minimum atomic E-state index is 0.0672. The molecule has 0 unspecified atom stereocenters. The predicted molar refractivity (Wildman–Crippen MR) is 115 cm³/mol. The number of anilines is 1. The summed E-state index contributed by atoms with van der Waals surface area (Å²) in [5, 5.41) is 13.6. The summed E-state index contributed by atoms with van der Waals surface area (Å²) in [6.45, 7) is 6.81. The van der Waals surface area contributed by atoms with Crippen molar-refractivity contribution in [2.24, 2.45) is 5.92 Å². The van der Waals surface area contributed by atoms with E-state index in [4.69, 9.17) is 0 Å². The van der Waals surface area contributed by atoms with Gasteiger partial charge in [0.2, 0.25) is 5.91 Å². The van der Waals surface area contributed by atoms with Crippen molar-refractivity contribution in [2.75, 3.05) is 37.6 Å². The first-order chi connectivity index (χ1) is 14.2. The molecule has 0 aliphatic carbocycles. The van der Waals surface area contributed by atoms with E-state index in [1.165, 1.54) is 0 Å². The summed E-state index contributed by atoms with van der Waals surface area (Å²) in [6.07, 6.45) is 5.97. The van der Waals surface area contributed by atoms with Crippen LogP contribution in [0.15, 0.2) is 30.5 Å². The Balaban J connectivity index is 1.35. The highest BCUT2D eigenvalue weighted by Crippen LogP contribution is 2.31. The zero-order chi connectivity index (χ0) is 20.2. The molecule has 6 nitrogen and oxygen atoms in total. The number of rotatable bonds is 5. The summed E-state index contributed by atoms with van der Waals surface area (Å²) < 4.78 is 0. The fourth-order valence-corrected chi connectivity index (χ4v) is 4.77. The molecule has 2 saturated heterocycles. The third-order valence-electron chi connectivity index (χ3n) is 6.46. The Hall–Kier alpha value is -2.65. The third-order valence-corrected chi connectivity index (χ3v) is 6.46. The van der Waals surface area contributed by atoms with Gasteiger partial charge in [-0.15, -0.1) is 0 Å². The van der Waals surface area contributed by atoms with Crippen LogP contribution in [0.3, 0.4) is 0 Å². The van der Waals surface area contributed by atoms with Crippen LogP contribution in [0, 0.1) is 17.2 Å². The second-order valence-corrected chi connectivity index (χ2v) is 8.11. The van der Waals surface area contributed by atoms with E-state index < -0.39 is 0 Å². The monoisotopic (exact) mass is 391 g/mol. The molecule has 0 bridgehead atoms. The molecule has 1 aromatic carbocycles. The van der Waals surface area contributed by atoms with Gasteiger partial charge in [0.25, 0.3) is 0 Å². The molecule has 0 saturated carbocycles. The van der Waals surface area contributed by atoms with Crippen molar-refractivity contribution in [3.63, 3.8) is 0 Å². The number of amides is 1. The fourth-order valence-electron chi connectivity index (χ4n) is 4.77. The maximum atomic E-state index is 12.6. The average molecular weight is 392 g/mol. The molecule has 6 heteroatoms. The number of nitrogens with zero attached hydrogens (tertiary/aromatic N) is 4. The Morgan fingerprint density at radius 3 is 2.83 bits per heavy atom. The topological polar surface area (TPSA) is 72.3 Å². The predicted octanol–water partition coefficient (Wildman–Crippen LogP) is 2.92. The normalized spacial score (nSPS) is 20.7. The molecule has 2 aliphatic heterocycles. The largest absolute Gasteiger partial charge is 0.371 e. The number of hydrogen-bond donors (Lipinski definition) is 1. The third kappa shape index (κ3) is 4.06. The summed E-state index contributed by atoms with van der Waals surface area (Å²) in [5.41, 5.74) is 2.55. The molecule has 1 aromatic heterocycles. The van der Waals surface area contributed by atoms with Crippen LogP contribution in [0.5, 0.6) is 0 Å². The van der Waals surface area contributed by atoms with Gasteiger partial charge in [0.15, 0.2) is 0 Å². The van der Waals surface area contributed by atoms with Crippen LogP contribution in [-0.2, 0) is 4.79 Å². The van der Waals surface area contributed by atoms with Gasteiger partial charge < -0.3 is 10.2 Å². The number of hydrogen-bond acceptors (Lipinski definition) is 5. The number of pyridine rings is 1. The Labute approximate surface area is 172 Å². The van der Waals surface area contributed by atoms with Crippen LogP contribution in [0.25, 0.3) is 10.9 Å². The first kappa shape index (κ1) is 19.7.